The first-order valence-electron chi connectivity index (χ1n) is 8.45. The number of carbonyl (C=O) groups is 1. The van der Waals surface area contributed by atoms with Crippen LogP contribution in [0, 0.1) is 0 Å². The number of hydrogen-bond acceptors (Lipinski definition) is 5. The summed E-state index contributed by atoms with van der Waals surface area (Å²) in [4.78, 5) is 18.3. The number of nitrogens with two attached hydrogens (primary N) is 1. The van der Waals surface area contributed by atoms with E-state index in [-0.39, 0.29) is 10.8 Å². The van der Waals surface area contributed by atoms with Crippen molar-refractivity contribution in [2.75, 3.05) is 25.0 Å². The molecule has 0 saturated heterocycles. The van der Waals surface area contributed by atoms with Crippen molar-refractivity contribution >= 4 is 21.6 Å². The molecule has 1 aromatic carbocycles. The molecule has 26 heavy (non-hydrogen) atoms. The number of nitrogens with one attached hydrogen (secondary N) is 1. The van der Waals surface area contributed by atoms with Crippen LogP contribution in [-0.2, 0) is 16.4 Å². The smallest absolute Gasteiger partial charge is 0.255 e. The van der Waals surface area contributed by atoms with Crippen LogP contribution >= 0.6 is 0 Å². The number of pyridine rings is 1. The number of sulfonamides is 1. The molecule has 7 nitrogen and oxygen atoms in total. The first-order valence-corrected chi connectivity index (χ1v) is 9.99. The van der Waals surface area contributed by atoms with Gasteiger partial charge in [0.25, 0.3) is 5.91 Å². The van der Waals surface area contributed by atoms with Gasteiger partial charge < -0.3 is 10.2 Å². The van der Waals surface area contributed by atoms with E-state index in [9.17, 15) is 13.2 Å². The molecule has 0 radical (unpaired) electrons. The lowest BCUT2D eigenvalue weighted by atomic mass is 10.1. The first kappa shape index (κ1) is 19.9. The highest BCUT2D eigenvalue weighted by Gasteiger charge is 2.13. The third-order valence-electron chi connectivity index (χ3n) is 4.03. The summed E-state index contributed by atoms with van der Waals surface area (Å²) in [5.41, 5.74) is 2.30. The number of amides is 1. The van der Waals surface area contributed by atoms with Crippen LogP contribution in [0.15, 0.2) is 47.6 Å². The van der Waals surface area contributed by atoms with E-state index in [2.05, 4.69) is 10.3 Å². The summed E-state index contributed by atoms with van der Waals surface area (Å²) in [5, 5.41) is 8.32. The van der Waals surface area contributed by atoms with Crippen molar-refractivity contribution in [3.63, 3.8) is 0 Å². The molecule has 0 saturated carbocycles. The topological polar surface area (TPSA) is 105 Å². The van der Waals surface area contributed by atoms with Crippen LogP contribution in [0.4, 0.5) is 5.69 Å². The largest absolute Gasteiger partial charge is 0.383 e. The molecule has 0 fully saturated rings. The number of rotatable bonds is 8. The number of aromatic nitrogens is 1. The van der Waals surface area contributed by atoms with E-state index in [0.29, 0.717) is 31.6 Å². The lowest BCUT2D eigenvalue weighted by molar-refractivity contribution is 0.0772. The van der Waals surface area contributed by atoms with Gasteiger partial charge in [0.1, 0.15) is 0 Å². The number of hydrogen-bond donors (Lipinski definition) is 2. The number of carbonyl (C=O) groups excluding carboxylic acids is 1. The molecule has 0 spiro atoms. The number of primary sulfonamides is 1. The highest BCUT2D eigenvalue weighted by molar-refractivity contribution is 7.89. The molecule has 0 aliphatic heterocycles. The average Bonchev–Trinajstić information content (AvgIpc) is 2.62. The van der Waals surface area contributed by atoms with Gasteiger partial charge in [-0.15, -0.1) is 0 Å². The second kappa shape index (κ2) is 8.77. The zero-order valence-corrected chi connectivity index (χ0v) is 15.8. The van der Waals surface area contributed by atoms with E-state index in [1.807, 2.05) is 13.8 Å². The molecule has 3 N–H and O–H groups in total. The maximum absolute atomic E-state index is 12.4. The van der Waals surface area contributed by atoms with Gasteiger partial charge in [-0.2, -0.15) is 0 Å². The summed E-state index contributed by atoms with van der Waals surface area (Å²) >= 11 is 0. The monoisotopic (exact) mass is 376 g/mol. The second-order valence-electron chi connectivity index (χ2n) is 5.81. The Bertz CT molecular complexity index is 847. The maximum atomic E-state index is 12.4. The lowest BCUT2D eigenvalue weighted by Crippen LogP contribution is -2.30. The molecule has 0 unspecified atom stereocenters. The molecule has 1 heterocycles. The molecular formula is C18H24N4O3S. The van der Waals surface area contributed by atoms with Crippen LogP contribution in [0.3, 0.4) is 0 Å². The molecular weight excluding hydrogens is 352 g/mol. The maximum Gasteiger partial charge on any atom is 0.255 e. The summed E-state index contributed by atoms with van der Waals surface area (Å²) < 4.78 is 22.5. The Kier molecular flexibility index (Phi) is 6.70. The molecule has 140 valence electrons. The number of benzene rings is 1. The summed E-state index contributed by atoms with van der Waals surface area (Å²) in [5.74, 6) is -0.0373. The van der Waals surface area contributed by atoms with Gasteiger partial charge in [0.05, 0.1) is 16.1 Å². The minimum absolute atomic E-state index is 0.0373. The van der Waals surface area contributed by atoms with Crippen LogP contribution in [0.25, 0.3) is 0 Å². The highest BCUT2D eigenvalue weighted by Crippen LogP contribution is 2.12. The predicted octanol–water partition coefficient (Wildman–Crippen LogP) is 1.87. The fourth-order valence-corrected chi connectivity index (χ4v) is 3.06. The predicted molar refractivity (Wildman–Crippen MR) is 101 cm³/mol. The van der Waals surface area contributed by atoms with Crippen molar-refractivity contribution < 1.29 is 13.2 Å². The van der Waals surface area contributed by atoms with Gasteiger partial charge in [-0.25, -0.2) is 13.6 Å². The molecule has 1 amide bonds. The number of nitrogens with zero attached hydrogens (tertiary/aromatic N) is 2. The van der Waals surface area contributed by atoms with Crippen LogP contribution in [-0.4, -0.2) is 43.8 Å². The molecule has 0 bridgehead atoms. The first-order chi connectivity index (χ1) is 12.3. The Morgan fingerprint density at radius 3 is 2.38 bits per heavy atom. The van der Waals surface area contributed by atoms with Gasteiger partial charge in [0.2, 0.25) is 10.0 Å². The standard InChI is InChI=1S/C18H24N4O3S/c1-3-22(4-2)18(23)15-11-16(13-20-12-15)21-10-9-14-5-7-17(8-6-14)26(19,24)25/h5-8,11-13,21H,3-4,9-10H2,1-2H3,(H2,19,24,25). The Balaban J connectivity index is 1.96. The van der Waals surface area contributed by atoms with Crippen LogP contribution in [0.2, 0.25) is 0 Å². The van der Waals surface area contributed by atoms with E-state index in [1.165, 1.54) is 12.1 Å². The van der Waals surface area contributed by atoms with Crippen molar-refractivity contribution in [2.24, 2.45) is 5.14 Å². The molecule has 0 aliphatic rings. The van der Waals surface area contributed by atoms with Gasteiger partial charge >= 0.3 is 0 Å². The van der Waals surface area contributed by atoms with E-state index < -0.39 is 10.0 Å². The fraction of sp³-hybridized carbons (Fsp3) is 0.333. The second-order valence-corrected chi connectivity index (χ2v) is 7.37. The third kappa shape index (κ3) is 5.27. The van der Waals surface area contributed by atoms with Gasteiger partial charge in [0.15, 0.2) is 0 Å². The Morgan fingerprint density at radius 2 is 1.81 bits per heavy atom. The van der Waals surface area contributed by atoms with Crippen molar-refractivity contribution in [1.82, 2.24) is 9.88 Å². The quantitative estimate of drug-likeness (QED) is 0.732. The van der Waals surface area contributed by atoms with Crippen molar-refractivity contribution in [1.29, 1.82) is 0 Å². The molecule has 2 aromatic rings. The Morgan fingerprint density at radius 1 is 1.15 bits per heavy atom. The normalized spacial score (nSPS) is 11.2. The molecule has 0 aliphatic carbocycles. The molecule has 8 heteroatoms. The van der Waals surface area contributed by atoms with E-state index in [4.69, 9.17) is 5.14 Å². The Labute approximate surface area is 154 Å². The van der Waals surface area contributed by atoms with Gasteiger partial charge in [-0.1, -0.05) is 12.1 Å². The van der Waals surface area contributed by atoms with Crippen molar-refractivity contribution in [3.05, 3.63) is 53.9 Å². The minimum Gasteiger partial charge on any atom is -0.383 e. The van der Waals surface area contributed by atoms with Gasteiger partial charge in [0, 0.05) is 32.0 Å². The number of anilines is 1. The van der Waals surface area contributed by atoms with E-state index in [1.54, 1.807) is 35.5 Å². The summed E-state index contributed by atoms with van der Waals surface area (Å²) in [7, 11) is -3.67. The third-order valence-corrected chi connectivity index (χ3v) is 4.96. The summed E-state index contributed by atoms with van der Waals surface area (Å²) in [6, 6.07) is 8.25. The van der Waals surface area contributed by atoms with Crippen LogP contribution in [0.1, 0.15) is 29.8 Å². The Hall–Kier alpha value is -2.45. The van der Waals surface area contributed by atoms with Crippen molar-refractivity contribution in [2.45, 2.75) is 25.2 Å². The fourth-order valence-electron chi connectivity index (χ4n) is 2.54. The lowest BCUT2D eigenvalue weighted by Gasteiger charge is -2.18. The highest BCUT2D eigenvalue weighted by atomic mass is 32.2. The minimum atomic E-state index is -3.67. The molecule has 2 rings (SSSR count). The summed E-state index contributed by atoms with van der Waals surface area (Å²) in [6.07, 6.45) is 3.93. The van der Waals surface area contributed by atoms with Crippen molar-refractivity contribution in [3.8, 4) is 0 Å². The van der Waals surface area contributed by atoms with Crippen LogP contribution < -0.4 is 10.5 Å². The zero-order chi connectivity index (χ0) is 19.2. The molecule has 0 atom stereocenters. The average molecular weight is 376 g/mol. The SMILES string of the molecule is CCN(CC)C(=O)c1cncc(NCCc2ccc(S(N)(=O)=O)cc2)c1. The zero-order valence-electron chi connectivity index (χ0n) is 15.0. The van der Waals surface area contributed by atoms with E-state index >= 15 is 0 Å². The molecule has 1 aromatic heterocycles. The summed E-state index contributed by atoms with van der Waals surface area (Å²) in [6.45, 7) is 5.82. The van der Waals surface area contributed by atoms with Gasteiger partial charge in [-0.05, 0) is 44.0 Å². The van der Waals surface area contributed by atoms with E-state index in [0.717, 1.165) is 11.3 Å². The van der Waals surface area contributed by atoms with Gasteiger partial charge in [-0.3, -0.25) is 9.78 Å². The van der Waals surface area contributed by atoms with Crippen LogP contribution in [0.5, 0.6) is 0 Å².